The first kappa shape index (κ1) is 21.3. The monoisotopic (exact) mass is 349 g/mol. The van der Waals surface area contributed by atoms with Gasteiger partial charge in [-0.2, -0.15) is 0 Å². The van der Waals surface area contributed by atoms with Crippen LogP contribution in [0.4, 0.5) is 0 Å². The molecule has 0 saturated heterocycles. The molecule has 25 heavy (non-hydrogen) atoms. The Balaban J connectivity index is 2.49. The molecule has 140 valence electrons. The standard InChI is InChI=1S/C20H31NO4/c1-3-4-5-6-7-8-9-16-10-12-17(13-11-16)20(25)21-19(15(2)23)18(24)14-22/h10-13,15,19,22-23H,3-9,14H2,1-2H3,(H,21,25)/t15-,19+/m1/s1. The normalized spacial score (nSPS) is 13.3. The topological polar surface area (TPSA) is 86.6 Å². The number of aryl methyl sites for hydroxylation is 1. The molecule has 2 atom stereocenters. The van der Waals surface area contributed by atoms with Crippen LogP contribution in [0.2, 0.25) is 0 Å². The van der Waals surface area contributed by atoms with Gasteiger partial charge in [0.2, 0.25) is 0 Å². The van der Waals surface area contributed by atoms with Gasteiger partial charge in [0.15, 0.2) is 5.78 Å². The first-order valence-corrected chi connectivity index (χ1v) is 9.21. The third-order valence-corrected chi connectivity index (χ3v) is 4.31. The number of carbonyl (C=O) groups is 2. The van der Waals surface area contributed by atoms with Gasteiger partial charge in [0.25, 0.3) is 5.91 Å². The van der Waals surface area contributed by atoms with Crippen LogP contribution in [0.1, 0.15) is 68.3 Å². The van der Waals surface area contributed by atoms with Crippen molar-refractivity contribution in [2.24, 2.45) is 0 Å². The lowest BCUT2D eigenvalue weighted by Crippen LogP contribution is -2.48. The molecular weight excluding hydrogens is 318 g/mol. The van der Waals surface area contributed by atoms with Gasteiger partial charge < -0.3 is 15.5 Å². The minimum absolute atomic E-state index is 0.432. The quantitative estimate of drug-likeness (QED) is 0.506. The van der Waals surface area contributed by atoms with E-state index in [1.54, 1.807) is 12.1 Å². The van der Waals surface area contributed by atoms with E-state index < -0.39 is 30.4 Å². The van der Waals surface area contributed by atoms with E-state index in [2.05, 4.69) is 12.2 Å². The van der Waals surface area contributed by atoms with E-state index in [1.807, 2.05) is 12.1 Å². The lowest BCUT2D eigenvalue weighted by molar-refractivity contribution is -0.125. The van der Waals surface area contributed by atoms with Crippen molar-refractivity contribution in [3.8, 4) is 0 Å². The predicted octanol–water partition coefficient (Wildman–Crippen LogP) is 2.63. The number of Topliss-reactive ketones (excluding diaryl/α,β-unsaturated/α-hetero) is 1. The fourth-order valence-electron chi connectivity index (χ4n) is 2.73. The van der Waals surface area contributed by atoms with E-state index in [-0.39, 0.29) is 0 Å². The summed E-state index contributed by atoms with van der Waals surface area (Å²) in [6, 6.07) is 6.20. The number of amides is 1. The van der Waals surface area contributed by atoms with Crippen LogP contribution in [-0.2, 0) is 11.2 Å². The van der Waals surface area contributed by atoms with Crippen LogP contribution in [0.3, 0.4) is 0 Å². The summed E-state index contributed by atoms with van der Waals surface area (Å²) in [4.78, 5) is 23.8. The second-order valence-electron chi connectivity index (χ2n) is 6.53. The zero-order chi connectivity index (χ0) is 18.7. The van der Waals surface area contributed by atoms with Crippen molar-refractivity contribution >= 4 is 11.7 Å². The highest BCUT2D eigenvalue weighted by Crippen LogP contribution is 2.11. The Hall–Kier alpha value is -1.72. The molecule has 1 amide bonds. The summed E-state index contributed by atoms with van der Waals surface area (Å²) in [6.07, 6.45) is 7.43. The van der Waals surface area contributed by atoms with E-state index in [4.69, 9.17) is 5.11 Å². The molecule has 0 aromatic heterocycles. The molecule has 0 spiro atoms. The average molecular weight is 349 g/mol. The van der Waals surface area contributed by atoms with Gasteiger partial charge in [-0.25, -0.2) is 0 Å². The minimum atomic E-state index is -1.10. The maximum atomic E-state index is 12.2. The molecule has 0 saturated carbocycles. The van der Waals surface area contributed by atoms with Crippen molar-refractivity contribution in [3.63, 3.8) is 0 Å². The highest BCUT2D eigenvalue weighted by molar-refractivity contribution is 5.98. The number of carbonyl (C=O) groups excluding carboxylic acids is 2. The van der Waals surface area contributed by atoms with E-state index >= 15 is 0 Å². The maximum absolute atomic E-state index is 12.2. The Bertz CT molecular complexity index is 525. The van der Waals surface area contributed by atoms with Crippen molar-refractivity contribution in [2.75, 3.05) is 6.61 Å². The fraction of sp³-hybridized carbons (Fsp3) is 0.600. The number of hydrogen-bond donors (Lipinski definition) is 3. The summed E-state index contributed by atoms with van der Waals surface area (Å²) in [5, 5.41) is 21.0. The highest BCUT2D eigenvalue weighted by Gasteiger charge is 2.25. The Morgan fingerprint density at radius 1 is 1.04 bits per heavy atom. The molecule has 0 aliphatic rings. The molecule has 0 aliphatic carbocycles. The molecule has 0 fully saturated rings. The van der Waals surface area contributed by atoms with Gasteiger partial charge >= 0.3 is 0 Å². The van der Waals surface area contributed by atoms with Crippen LogP contribution in [0.25, 0.3) is 0 Å². The second-order valence-corrected chi connectivity index (χ2v) is 6.53. The fourth-order valence-corrected chi connectivity index (χ4v) is 2.73. The number of rotatable bonds is 12. The molecule has 1 aromatic rings. The lowest BCUT2D eigenvalue weighted by atomic mass is 10.0. The van der Waals surface area contributed by atoms with Gasteiger partial charge in [0, 0.05) is 5.56 Å². The summed E-state index contributed by atoms with van der Waals surface area (Å²) < 4.78 is 0. The van der Waals surface area contributed by atoms with Gasteiger partial charge in [-0.05, 0) is 37.5 Å². The number of aliphatic hydroxyl groups excluding tert-OH is 2. The Kier molecular flexibility index (Phi) is 10.0. The number of benzene rings is 1. The number of ketones is 1. The summed E-state index contributed by atoms with van der Waals surface area (Å²) >= 11 is 0. The van der Waals surface area contributed by atoms with Crippen LogP contribution < -0.4 is 5.32 Å². The molecule has 0 aliphatic heterocycles. The third-order valence-electron chi connectivity index (χ3n) is 4.31. The molecule has 5 nitrogen and oxygen atoms in total. The van der Waals surface area contributed by atoms with E-state index in [0.717, 1.165) is 12.8 Å². The van der Waals surface area contributed by atoms with Crippen LogP contribution in [0, 0.1) is 0 Å². The highest BCUT2D eigenvalue weighted by atomic mass is 16.3. The van der Waals surface area contributed by atoms with E-state index in [9.17, 15) is 14.7 Å². The van der Waals surface area contributed by atoms with Crippen molar-refractivity contribution < 1.29 is 19.8 Å². The summed E-state index contributed by atoms with van der Waals surface area (Å²) in [5.41, 5.74) is 1.62. The lowest BCUT2D eigenvalue weighted by Gasteiger charge is -2.19. The zero-order valence-electron chi connectivity index (χ0n) is 15.3. The molecule has 1 rings (SSSR count). The van der Waals surface area contributed by atoms with Crippen molar-refractivity contribution in [1.82, 2.24) is 5.32 Å². The first-order chi connectivity index (χ1) is 12.0. The van der Waals surface area contributed by atoms with Gasteiger partial charge in [0.1, 0.15) is 12.6 Å². The van der Waals surface area contributed by atoms with Gasteiger partial charge in [-0.1, -0.05) is 51.2 Å². The molecule has 0 bridgehead atoms. The predicted molar refractivity (Wildman–Crippen MR) is 98.5 cm³/mol. The van der Waals surface area contributed by atoms with Crippen molar-refractivity contribution in [3.05, 3.63) is 35.4 Å². The number of nitrogens with one attached hydrogen (secondary N) is 1. The summed E-state index contributed by atoms with van der Waals surface area (Å²) in [6.45, 7) is 2.90. The van der Waals surface area contributed by atoms with E-state index in [0.29, 0.717) is 5.56 Å². The summed E-state index contributed by atoms with van der Waals surface area (Å²) in [7, 11) is 0. The smallest absolute Gasteiger partial charge is 0.251 e. The maximum Gasteiger partial charge on any atom is 0.251 e. The number of aliphatic hydroxyl groups is 2. The van der Waals surface area contributed by atoms with Crippen molar-refractivity contribution in [1.29, 1.82) is 0 Å². The Labute approximate surface area is 150 Å². The van der Waals surface area contributed by atoms with Crippen LogP contribution in [-0.4, -0.2) is 40.7 Å². The summed E-state index contributed by atoms with van der Waals surface area (Å²) in [5.74, 6) is -1.04. The SMILES string of the molecule is CCCCCCCCc1ccc(C(=O)N[C@H](C(=O)CO)[C@@H](C)O)cc1. The average Bonchev–Trinajstić information content (AvgIpc) is 2.62. The van der Waals surface area contributed by atoms with Gasteiger partial charge in [0.05, 0.1) is 6.10 Å². The molecule has 0 unspecified atom stereocenters. The van der Waals surface area contributed by atoms with E-state index in [1.165, 1.54) is 44.6 Å². The van der Waals surface area contributed by atoms with Crippen molar-refractivity contribution in [2.45, 2.75) is 70.9 Å². The molecule has 0 heterocycles. The largest absolute Gasteiger partial charge is 0.391 e. The van der Waals surface area contributed by atoms with Crippen LogP contribution in [0.5, 0.6) is 0 Å². The number of hydrogen-bond acceptors (Lipinski definition) is 4. The number of unbranched alkanes of at least 4 members (excludes halogenated alkanes) is 5. The molecule has 1 aromatic carbocycles. The first-order valence-electron chi connectivity index (χ1n) is 9.21. The second kappa shape index (κ2) is 11.8. The Morgan fingerprint density at radius 3 is 2.20 bits per heavy atom. The molecular formula is C20H31NO4. The molecule has 3 N–H and O–H groups in total. The van der Waals surface area contributed by atoms with Crippen LogP contribution >= 0.6 is 0 Å². The Morgan fingerprint density at radius 2 is 1.64 bits per heavy atom. The minimum Gasteiger partial charge on any atom is -0.391 e. The third kappa shape index (κ3) is 7.80. The molecule has 5 heteroatoms. The molecule has 0 radical (unpaired) electrons. The van der Waals surface area contributed by atoms with Gasteiger partial charge in [-0.15, -0.1) is 0 Å². The zero-order valence-corrected chi connectivity index (χ0v) is 15.3. The van der Waals surface area contributed by atoms with Gasteiger partial charge in [-0.3, -0.25) is 9.59 Å². The van der Waals surface area contributed by atoms with Crippen LogP contribution in [0.15, 0.2) is 24.3 Å².